The van der Waals surface area contributed by atoms with E-state index >= 15 is 0 Å². The van der Waals surface area contributed by atoms with Gasteiger partial charge in [0.05, 0.1) is 12.2 Å². The molecule has 3 heterocycles. The highest BCUT2D eigenvalue weighted by Crippen LogP contribution is 2.34. The Morgan fingerprint density at radius 3 is 2.59 bits per heavy atom. The second-order valence-electron chi connectivity index (χ2n) is 8.43. The molecule has 2 fully saturated rings. The third-order valence-corrected chi connectivity index (χ3v) is 6.28. The predicted molar refractivity (Wildman–Crippen MR) is 111 cm³/mol. The van der Waals surface area contributed by atoms with Crippen LogP contribution in [-0.4, -0.2) is 71.6 Å². The fourth-order valence-electron chi connectivity index (χ4n) is 4.52. The van der Waals surface area contributed by atoms with Crippen LogP contribution in [0.25, 0.3) is 11.2 Å². The molecule has 1 aliphatic carbocycles. The van der Waals surface area contributed by atoms with E-state index in [1.165, 1.54) is 10.9 Å². The van der Waals surface area contributed by atoms with Gasteiger partial charge in [0, 0.05) is 13.0 Å². The van der Waals surface area contributed by atoms with Crippen molar-refractivity contribution < 1.29 is 29.6 Å². The monoisotopic (exact) mass is 448 g/mol. The summed E-state index contributed by atoms with van der Waals surface area (Å²) < 4.78 is 7.12. The summed E-state index contributed by atoms with van der Waals surface area (Å²) in [5, 5.41) is 32.6. The maximum atomic E-state index is 12.2. The van der Waals surface area contributed by atoms with Crippen molar-refractivity contribution in [3.63, 3.8) is 0 Å². The number of aromatic nitrogens is 4. The van der Waals surface area contributed by atoms with Crippen molar-refractivity contribution in [1.29, 1.82) is 0 Å². The molecule has 12 nitrogen and oxygen atoms in total. The van der Waals surface area contributed by atoms with E-state index in [4.69, 9.17) is 10.5 Å². The number of hydrogen-bond acceptors (Lipinski definition) is 9. The third-order valence-electron chi connectivity index (χ3n) is 6.28. The molecule has 0 radical (unpaired) electrons. The molecule has 32 heavy (non-hydrogen) atoms. The number of carbonyl (C=O) groups excluding carboxylic acids is 1. The van der Waals surface area contributed by atoms with Crippen LogP contribution in [0.1, 0.15) is 44.7 Å². The summed E-state index contributed by atoms with van der Waals surface area (Å²) in [6.45, 7) is 2.10. The average Bonchev–Trinajstić information content (AvgIpc) is 3.30. The lowest BCUT2D eigenvalue weighted by Crippen LogP contribution is -2.42. The lowest BCUT2D eigenvalue weighted by molar-refractivity contribution is -0.143. The number of likely N-dealkylation sites (N-methyl/N-ethyl adjacent to an activating group) is 1. The predicted octanol–water partition coefficient (Wildman–Crippen LogP) is -0.403. The number of aliphatic hydroxyl groups is 2. The summed E-state index contributed by atoms with van der Waals surface area (Å²) in [4.78, 5) is 36.5. The van der Waals surface area contributed by atoms with Crippen molar-refractivity contribution in [2.45, 2.75) is 63.6 Å². The number of rotatable bonds is 6. The molecule has 2 aliphatic rings. The maximum absolute atomic E-state index is 12.2. The number of nitrogen functional groups attached to an aromatic ring is 1. The molecule has 12 heteroatoms. The first-order chi connectivity index (χ1) is 15.3. The normalized spacial score (nSPS) is 30.5. The van der Waals surface area contributed by atoms with Crippen LogP contribution in [0.3, 0.4) is 0 Å². The Morgan fingerprint density at radius 1 is 1.22 bits per heavy atom. The first kappa shape index (κ1) is 22.4. The van der Waals surface area contributed by atoms with E-state index in [1.807, 2.05) is 0 Å². The summed E-state index contributed by atoms with van der Waals surface area (Å²) in [5.74, 6) is -0.655. The molecular formula is C20H28N6O6. The van der Waals surface area contributed by atoms with E-state index in [2.05, 4.69) is 20.3 Å². The van der Waals surface area contributed by atoms with Crippen molar-refractivity contribution in [3.05, 3.63) is 12.2 Å². The van der Waals surface area contributed by atoms with E-state index in [-0.39, 0.29) is 17.7 Å². The Kier molecular flexibility index (Phi) is 6.26. The van der Waals surface area contributed by atoms with Crippen molar-refractivity contribution in [2.75, 3.05) is 12.3 Å². The van der Waals surface area contributed by atoms with Crippen molar-refractivity contribution >= 4 is 28.9 Å². The number of nitrogens with two attached hydrogens (primary N) is 1. The lowest BCUT2D eigenvalue weighted by Gasteiger charge is -2.25. The molecule has 4 rings (SSSR count). The SMILES string of the molecule is CCNC(=O)[C@H]1O[C@@H](n2cnc3c(N)nc(CC4CCC(C(=O)O)CC4)nc32)C(O)C1O. The molecule has 2 aromatic heterocycles. The number of anilines is 1. The zero-order valence-corrected chi connectivity index (χ0v) is 17.7. The van der Waals surface area contributed by atoms with E-state index < -0.39 is 36.4 Å². The number of carboxylic acid groups (broad SMARTS) is 1. The number of imidazole rings is 1. The Hall–Kier alpha value is -2.83. The van der Waals surface area contributed by atoms with Crippen LogP contribution in [0.2, 0.25) is 0 Å². The molecule has 2 aromatic rings. The zero-order valence-electron chi connectivity index (χ0n) is 17.7. The largest absolute Gasteiger partial charge is 0.481 e. The second kappa shape index (κ2) is 8.96. The van der Waals surface area contributed by atoms with E-state index in [0.717, 1.165) is 12.8 Å². The summed E-state index contributed by atoms with van der Waals surface area (Å²) >= 11 is 0. The van der Waals surface area contributed by atoms with Gasteiger partial charge in [-0.15, -0.1) is 0 Å². The first-order valence-corrected chi connectivity index (χ1v) is 10.8. The molecule has 0 bridgehead atoms. The van der Waals surface area contributed by atoms with Gasteiger partial charge in [0.2, 0.25) is 0 Å². The summed E-state index contributed by atoms with van der Waals surface area (Å²) in [6, 6.07) is 0. The third kappa shape index (κ3) is 4.12. The number of amides is 1. The number of nitrogens with one attached hydrogen (secondary N) is 1. The lowest BCUT2D eigenvalue weighted by atomic mass is 9.80. The minimum atomic E-state index is -1.41. The quantitative estimate of drug-likeness (QED) is 0.389. The van der Waals surface area contributed by atoms with Gasteiger partial charge in [-0.05, 0) is 38.5 Å². The van der Waals surface area contributed by atoms with Gasteiger partial charge >= 0.3 is 5.97 Å². The number of nitrogens with zero attached hydrogens (tertiary/aromatic N) is 4. The Balaban J connectivity index is 1.56. The van der Waals surface area contributed by atoms with Gasteiger partial charge in [-0.25, -0.2) is 15.0 Å². The fraction of sp³-hybridized carbons (Fsp3) is 0.650. The molecule has 1 aliphatic heterocycles. The second-order valence-corrected chi connectivity index (χ2v) is 8.43. The molecular weight excluding hydrogens is 420 g/mol. The van der Waals surface area contributed by atoms with Crippen LogP contribution < -0.4 is 11.1 Å². The Morgan fingerprint density at radius 2 is 1.94 bits per heavy atom. The van der Waals surface area contributed by atoms with E-state index in [9.17, 15) is 24.9 Å². The number of aliphatic hydroxyl groups excluding tert-OH is 2. The number of hydrogen-bond donors (Lipinski definition) is 5. The minimum Gasteiger partial charge on any atom is -0.481 e. The molecule has 2 unspecified atom stereocenters. The Labute approximate surface area is 183 Å². The van der Waals surface area contributed by atoms with Gasteiger partial charge in [0.25, 0.3) is 5.91 Å². The van der Waals surface area contributed by atoms with Gasteiger partial charge in [-0.1, -0.05) is 0 Å². The van der Waals surface area contributed by atoms with Crippen molar-refractivity contribution in [3.8, 4) is 0 Å². The molecule has 1 saturated heterocycles. The van der Waals surface area contributed by atoms with Gasteiger partial charge in [-0.2, -0.15) is 0 Å². The maximum Gasteiger partial charge on any atom is 0.306 e. The van der Waals surface area contributed by atoms with Crippen LogP contribution >= 0.6 is 0 Å². The van der Waals surface area contributed by atoms with Gasteiger partial charge in [0.15, 0.2) is 23.8 Å². The Bertz CT molecular complexity index is 1000. The topological polar surface area (TPSA) is 186 Å². The molecule has 6 N–H and O–H groups in total. The van der Waals surface area contributed by atoms with E-state index in [0.29, 0.717) is 42.8 Å². The summed E-state index contributed by atoms with van der Waals surface area (Å²) in [5.41, 5.74) is 6.75. The van der Waals surface area contributed by atoms with Crippen LogP contribution in [0.4, 0.5) is 5.82 Å². The fourth-order valence-corrected chi connectivity index (χ4v) is 4.52. The average molecular weight is 448 g/mol. The smallest absolute Gasteiger partial charge is 0.306 e. The van der Waals surface area contributed by atoms with Gasteiger partial charge in [-0.3, -0.25) is 14.2 Å². The van der Waals surface area contributed by atoms with Gasteiger partial charge in [0.1, 0.15) is 23.5 Å². The molecule has 174 valence electrons. The number of ether oxygens (including phenoxy) is 1. The number of carboxylic acids is 1. The van der Waals surface area contributed by atoms with Crippen LogP contribution in [0, 0.1) is 11.8 Å². The first-order valence-electron chi connectivity index (χ1n) is 10.8. The number of aliphatic carboxylic acids is 1. The molecule has 0 spiro atoms. The molecule has 1 amide bonds. The molecule has 1 saturated carbocycles. The number of carbonyl (C=O) groups is 2. The van der Waals surface area contributed by atoms with E-state index in [1.54, 1.807) is 6.92 Å². The van der Waals surface area contributed by atoms with Crippen LogP contribution in [0.15, 0.2) is 6.33 Å². The zero-order chi connectivity index (χ0) is 23.0. The summed E-state index contributed by atoms with van der Waals surface area (Å²) in [7, 11) is 0. The minimum absolute atomic E-state index is 0.177. The molecule has 0 aromatic carbocycles. The van der Waals surface area contributed by atoms with Crippen LogP contribution in [-0.2, 0) is 20.7 Å². The van der Waals surface area contributed by atoms with Gasteiger partial charge < -0.3 is 31.1 Å². The highest BCUT2D eigenvalue weighted by molar-refractivity contribution is 5.83. The summed E-state index contributed by atoms with van der Waals surface area (Å²) in [6.07, 6.45) is -0.378. The van der Waals surface area contributed by atoms with Crippen LogP contribution in [0.5, 0.6) is 0 Å². The highest BCUT2D eigenvalue weighted by Gasteiger charge is 2.47. The van der Waals surface area contributed by atoms with Crippen molar-refractivity contribution in [2.24, 2.45) is 11.8 Å². The van der Waals surface area contributed by atoms with Crippen molar-refractivity contribution in [1.82, 2.24) is 24.8 Å². The molecule has 4 atom stereocenters. The number of fused-ring (bicyclic) bond motifs is 1. The standard InChI is InChI=1S/C20H28N6O6/c1-2-22-18(29)15-13(27)14(28)19(32-15)26-8-23-12-16(21)24-11(25-17(12)26)7-9-3-5-10(6-4-9)20(30)31/h8-10,13-15,19,27-28H,2-7H2,1H3,(H,22,29)(H,30,31)(H2,21,24,25)/t9?,10?,13?,14?,15-,19+/m0/s1. The highest BCUT2D eigenvalue weighted by atomic mass is 16.6.